The minimum absolute atomic E-state index is 0.0800. The number of nitrogens with one attached hydrogen (secondary N) is 1. The van der Waals surface area contributed by atoms with Gasteiger partial charge in [0.2, 0.25) is 0 Å². The third-order valence-corrected chi connectivity index (χ3v) is 11.0. The first kappa shape index (κ1) is 31.5. The number of aromatic nitrogens is 2. The van der Waals surface area contributed by atoms with Crippen molar-refractivity contribution in [2.24, 2.45) is 0 Å². The molecule has 0 bridgehead atoms. The Morgan fingerprint density at radius 2 is 1.51 bits per heavy atom. The summed E-state index contributed by atoms with van der Waals surface area (Å²) in [6.45, 7) is 0. The van der Waals surface area contributed by atoms with Crippen molar-refractivity contribution in [1.82, 2.24) is 15.3 Å². The van der Waals surface area contributed by atoms with Crippen molar-refractivity contribution in [1.29, 1.82) is 0 Å². The summed E-state index contributed by atoms with van der Waals surface area (Å²) in [5, 5.41) is 3.82. The maximum atomic E-state index is 5.44. The van der Waals surface area contributed by atoms with Gasteiger partial charge >= 0.3 is 0 Å². The molecule has 1 aliphatic heterocycles. The SMILES string of the molecule is C1=CCCC(c2nc(C3=CCC(c4ccc(C5NC6=C(CCC=C6)N5c5ccccc5)cc4)C=C3)nc(C3CC=CCC3)c2-c2ccccc2)=C1. The highest BCUT2D eigenvalue weighted by Crippen LogP contribution is 2.43. The number of rotatable bonds is 7. The Balaban J connectivity index is 1.01. The van der Waals surface area contributed by atoms with Crippen molar-refractivity contribution >= 4 is 16.8 Å². The standard InChI is InChI=1S/C47H44N4/c1-5-15-35(16-6-1)43-44(36-17-7-2-8-18-36)49-46(50-45(43)37-19-9-3-10-20-37)38-29-25-33(26-30-38)34-27-31-39(32-28-34)47-48-41-23-13-14-24-42(41)51(47)40-21-11-4-12-22-40/h1-7,9,11-13,15-17,21-23,25,27-33,37,47-48H,8,10,14,18-20,24,26H2. The molecule has 3 unspecified atom stereocenters. The molecule has 0 radical (unpaired) electrons. The van der Waals surface area contributed by atoms with Crippen LogP contribution in [0, 0.1) is 0 Å². The fourth-order valence-electron chi connectivity index (χ4n) is 8.35. The molecule has 1 aromatic heterocycles. The molecule has 9 rings (SSSR count). The Kier molecular flexibility index (Phi) is 8.67. The minimum atomic E-state index is 0.0800. The predicted molar refractivity (Wildman–Crippen MR) is 211 cm³/mol. The van der Waals surface area contributed by atoms with Crippen LogP contribution in [0.5, 0.6) is 0 Å². The van der Waals surface area contributed by atoms with Crippen LogP contribution < -0.4 is 10.2 Å². The van der Waals surface area contributed by atoms with Crippen LogP contribution in [0.25, 0.3) is 22.3 Å². The summed E-state index contributed by atoms with van der Waals surface area (Å²) in [5.41, 5.74) is 13.6. The average Bonchev–Trinajstić information content (AvgIpc) is 3.62. The second-order valence-electron chi connectivity index (χ2n) is 14.2. The first-order chi connectivity index (χ1) is 25.3. The number of hydrogen-bond acceptors (Lipinski definition) is 4. The van der Waals surface area contributed by atoms with E-state index in [0.717, 1.165) is 68.5 Å². The molecule has 5 aliphatic rings. The molecular formula is C47H44N4. The molecule has 1 N–H and O–H groups in total. The van der Waals surface area contributed by atoms with Crippen molar-refractivity contribution in [3.8, 4) is 11.1 Å². The second kappa shape index (κ2) is 14.0. The van der Waals surface area contributed by atoms with E-state index in [1.807, 2.05) is 0 Å². The van der Waals surface area contributed by atoms with E-state index in [0.29, 0.717) is 11.8 Å². The Bertz CT molecular complexity index is 2130. The van der Waals surface area contributed by atoms with Gasteiger partial charge in [0.05, 0.1) is 17.1 Å². The fourth-order valence-corrected chi connectivity index (χ4v) is 8.35. The van der Waals surface area contributed by atoms with Gasteiger partial charge in [0.25, 0.3) is 0 Å². The average molecular weight is 665 g/mol. The smallest absolute Gasteiger partial charge is 0.159 e. The lowest BCUT2D eigenvalue weighted by molar-refractivity contribution is 0.599. The van der Waals surface area contributed by atoms with E-state index in [2.05, 4.69) is 156 Å². The van der Waals surface area contributed by atoms with Crippen LogP contribution in [0.3, 0.4) is 0 Å². The normalized spacial score (nSPS) is 22.4. The quantitative estimate of drug-likeness (QED) is 0.200. The van der Waals surface area contributed by atoms with E-state index < -0.39 is 0 Å². The number of anilines is 1. The Morgan fingerprint density at radius 3 is 2.25 bits per heavy atom. The number of para-hydroxylation sites is 1. The van der Waals surface area contributed by atoms with Gasteiger partial charge in [-0.05, 0) is 91.8 Å². The van der Waals surface area contributed by atoms with Gasteiger partial charge < -0.3 is 10.2 Å². The van der Waals surface area contributed by atoms with Crippen LogP contribution in [0.1, 0.15) is 97.7 Å². The number of benzene rings is 3. The minimum Gasteiger partial charge on any atom is -0.360 e. The summed E-state index contributed by atoms with van der Waals surface area (Å²) in [5.74, 6) is 1.55. The maximum Gasteiger partial charge on any atom is 0.159 e. The molecule has 0 fully saturated rings. The predicted octanol–water partition coefficient (Wildman–Crippen LogP) is 11.5. The molecule has 4 aromatic rings. The number of allylic oxidation sites excluding steroid dienone is 13. The van der Waals surface area contributed by atoms with Crippen molar-refractivity contribution < 1.29 is 0 Å². The van der Waals surface area contributed by atoms with Crippen LogP contribution in [-0.2, 0) is 0 Å². The summed E-state index contributed by atoms with van der Waals surface area (Å²) in [7, 11) is 0. The summed E-state index contributed by atoms with van der Waals surface area (Å²) in [6, 6.07) is 30.9. The largest absolute Gasteiger partial charge is 0.360 e. The zero-order valence-corrected chi connectivity index (χ0v) is 29.1. The van der Waals surface area contributed by atoms with Gasteiger partial charge in [-0.3, -0.25) is 0 Å². The molecular weight excluding hydrogens is 621 g/mol. The van der Waals surface area contributed by atoms with Gasteiger partial charge in [0.15, 0.2) is 5.82 Å². The van der Waals surface area contributed by atoms with Crippen LogP contribution in [0.4, 0.5) is 5.69 Å². The lowest BCUT2D eigenvalue weighted by atomic mass is 9.84. The van der Waals surface area contributed by atoms with E-state index >= 15 is 0 Å². The first-order valence-electron chi connectivity index (χ1n) is 18.8. The fraction of sp³-hybridized carbons (Fsp3) is 0.234. The highest BCUT2D eigenvalue weighted by molar-refractivity contribution is 5.84. The molecule has 252 valence electrons. The van der Waals surface area contributed by atoms with Crippen molar-refractivity contribution in [2.45, 2.75) is 69.4 Å². The molecule has 4 heteroatoms. The first-order valence-corrected chi connectivity index (χ1v) is 18.8. The van der Waals surface area contributed by atoms with Gasteiger partial charge in [-0.2, -0.15) is 0 Å². The van der Waals surface area contributed by atoms with Crippen molar-refractivity contribution in [2.75, 3.05) is 4.90 Å². The summed E-state index contributed by atoms with van der Waals surface area (Å²) < 4.78 is 0. The van der Waals surface area contributed by atoms with Crippen molar-refractivity contribution in [3.05, 3.63) is 185 Å². The topological polar surface area (TPSA) is 41.1 Å². The highest BCUT2D eigenvalue weighted by Gasteiger charge is 2.33. The van der Waals surface area contributed by atoms with Crippen LogP contribution in [-0.4, -0.2) is 9.97 Å². The van der Waals surface area contributed by atoms with Crippen LogP contribution in [0.15, 0.2) is 157 Å². The van der Waals surface area contributed by atoms with Crippen molar-refractivity contribution in [3.63, 3.8) is 0 Å². The maximum absolute atomic E-state index is 5.44. The van der Waals surface area contributed by atoms with Gasteiger partial charge in [-0.25, -0.2) is 9.97 Å². The highest BCUT2D eigenvalue weighted by atomic mass is 15.3. The summed E-state index contributed by atoms with van der Waals surface area (Å²) >= 11 is 0. The van der Waals surface area contributed by atoms with E-state index in [9.17, 15) is 0 Å². The third-order valence-electron chi connectivity index (χ3n) is 11.0. The lowest BCUT2D eigenvalue weighted by Gasteiger charge is -2.30. The van der Waals surface area contributed by atoms with E-state index in [1.54, 1.807) is 0 Å². The van der Waals surface area contributed by atoms with Gasteiger partial charge in [0.1, 0.15) is 6.17 Å². The monoisotopic (exact) mass is 664 g/mol. The van der Waals surface area contributed by atoms with Gasteiger partial charge in [-0.15, -0.1) is 0 Å². The van der Waals surface area contributed by atoms with E-state index in [-0.39, 0.29) is 6.17 Å². The Labute approximate surface area is 302 Å². The Hall–Kier alpha value is -5.48. The summed E-state index contributed by atoms with van der Waals surface area (Å²) in [6.07, 6.45) is 31.3. The molecule has 0 saturated heterocycles. The van der Waals surface area contributed by atoms with Gasteiger partial charge in [-0.1, -0.05) is 127 Å². The number of nitrogens with zero attached hydrogens (tertiary/aromatic N) is 3. The molecule has 3 atom stereocenters. The zero-order chi connectivity index (χ0) is 34.0. The molecule has 2 heterocycles. The Morgan fingerprint density at radius 1 is 0.706 bits per heavy atom. The number of hydrogen-bond donors (Lipinski definition) is 1. The molecule has 0 amide bonds. The molecule has 0 saturated carbocycles. The summed E-state index contributed by atoms with van der Waals surface area (Å²) in [4.78, 5) is 13.3. The molecule has 4 nitrogen and oxygen atoms in total. The molecule has 0 spiro atoms. The van der Waals surface area contributed by atoms with E-state index in [1.165, 1.54) is 50.6 Å². The lowest BCUT2D eigenvalue weighted by Crippen LogP contribution is -2.29. The molecule has 3 aromatic carbocycles. The van der Waals surface area contributed by atoms with E-state index in [4.69, 9.17) is 9.97 Å². The van der Waals surface area contributed by atoms with Gasteiger partial charge in [0, 0.05) is 34.4 Å². The van der Waals surface area contributed by atoms with Crippen LogP contribution in [0.2, 0.25) is 0 Å². The molecule has 51 heavy (non-hydrogen) atoms. The third kappa shape index (κ3) is 6.25. The zero-order valence-electron chi connectivity index (χ0n) is 29.1. The second-order valence-corrected chi connectivity index (χ2v) is 14.2. The van der Waals surface area contributed by atoms with Crippen LogP contribution >= 0.6 is 0 Å². The molecule has 4 aliphatic carbocycles.